The minimum atomic E-state index is -1.11. The van der Waals surface area contributed by atoms with E-state index >= 15 is 0 Å². The summed E-state index contributed by atoms with van der Waals surface area (Å²) in [6.07, 6.45) is -0.508. The standard InChI is InChI=1S/C21H21IN2O8/c1-2-29-17(7-8-19(26)24-28)20(14-9-12(22)3-5-15(14)25)32-21(27)23-13-4-6-16-18(10-13)31-11-30-16/h3-10,17,20,25,28H,2,11H2,1H3,(H,23,27)(H,24,26)/b8-7+/t17-,20-/m1/s1. The molecule has 1 aliphatic heterocycles. The summed E-state index contributed by atoms with van der Waals surface area (Å²) in [7, 11) is 0. The van der Waals surface area contributed by atoms with Crippen molar-refractivity contribution in [3.05, 3.63) is 57.7 Å². The molecule has 11 heteroatoms. The number of halogens is 1. The Labute approximate surface area is 197 Å². The molecule has 0 aromatic heterocycles. The Balaban J connectivity index is 1.87. The molecule has 32 heavy (non-hydrogen) atoms. The van der Waals surface area contributed by atoms with Gasteiger partial charge in [-0.3, -0.25) is 15.3 Å². The molecular formula is C21H21IN2O8. The van der Waals surface area contributed by atoms with E-state index in [1.54, 1.807) is 37.3 Å². The van der Waals surface area contributed by atoms with Gasteiger partial charge in [-0.25, -0.2) is 10.3 Å². The summed E-state index contributed by atoms with van der Waals surface area (Å²) in [4.78, 5) is 24.2. The summed E-state index contributed by atoms with van der Waals surface area (Å²) in [6.45, 7) is 2.05. The zero-order valence-corrected chi connectivity index (χ0v) is 19.1. The number of hydrogen-bond donors (Lipinski definition) is 4. The van der Waals surface area contributed by atoms with Crippen LogP contribution in [0.5, 0.6) is 17.2 Å². The summed E-state index contributed by atoms with van der Waals surface area (Å²) in [5, 5.41) is 21.8. The van der Waals surface area contributed by atoms with Gasteiger partial charge < -0.3 is 24.1 Å². The van der Waals surface area contributed by atoms with Crippen molar-refractivity contribution in [1.82, 2.24) is 5.48 Å². The Morgan fingerprint density at radius 3 is 2.75 bits per heavy atom. The summed E-state index contributed by atoms with van der Waals surface area (Å²) >= 11 is 2.06. The highest BCUT2D eigenvalue weighted by Crippen LogP contribution is 2.35. The average molecular weight is 556 g/mol. The first-order chi connectivity index (χ1) is 15.4. The molecular weight excluding hydrogens is 535 g/mol. The fraction of sp³-hybridized carbons (Fsp3) is 0.238. The minimum absolute atomic E-state index is 0.0982. The number of fused-ring (bicyclic) bond motifs is 1. The van der Waals surface area contributed by atoms with E-state index in [1.165, 1.54) is 17.6 Å². The van der Waals surface area contributed by atoms with Crippen LogP contribution in [0.4, 0.5) is 10.5 Å². The molecule has 2 atom stereocenters. The first kappa shape index (κ1) is 23.6. The summed E-state index contributed by atoms with van der Waals surface area (Å²) in [6, 6.07) is 9.66. The number of hydrogen-bond acceptors (Lipinski definition) is 8. The molecule has 0 unspecified atom stereocenters. The van der Waals surface area contributed by atoms with E-state index < -0.39 is 24.2 Å². The normalized spacial score (nSPS) is 14.1. The van der Waals surface area contributed by atoms with E-state index in [-0.39, 0.29) is 24.7 Å². The number of amides is 2. The SMILES string of the molecule is CCO[C@H](/C=C/C(=O)NO)[C@H](OC(=O)Nc1ccc2c(c1)OCO2)c1cc(I)ccc1O. The lowest BCUT2D eigenvalue weighted by Crippen LogP contribution is -2.28. The summed E-state index contributed by atoms with van der Waals surface area (Å²) in [5.74, 6) is 0.148. The van der Waals surface area contributed by atoms with Crippen molar-refractivity contribution in [3.63, 3.8) is 0 Å². The molecule has 0 radical (unpaired) electrons. The molecule has 0 bridgehead atoms. The topological polar surface area (TPSA) is 136 Å². The van der Waals surface area contributed by atoms with Gasteiger partial charge in [-0.15, -0.1) is 0 Å². The van der Waals surface area contributed by atoms with Crippen LogP contribution in [0.15, 0.2) is 48.6 Å². The van der Waals surface area contributed by atoms with Crippen molar-refractivity contribution in [2.75, 3.05) is 18.7 Å². The number of ether oxygens (including phenoxy) is 4. The maximum atomic E-state index is 12.7. The number of benzene rings is 2. The molecule has 3 rings (SSSR count). The Morgan fingerprint density at radius 2 is 2.00 bits per heavy atom. The van der Waals surface area contributed by atoms with E-state index in [1.807, 2.05) is 0 Å². The van der Waals surface area contributed by atoms with Gasteiger partial charge in [-0.05, 0) is 65.9 Å². The van der Waals surface area contributed by atoms with Gasteiger partial charge in [0.05, 0.1) is 0 Å². The van der Waals surface area contributed by atoms with Gasteiger partial charge >= 0.3 is 6.09 Å². The van der Waals surface area contributed by atoms with Gasteiger partial charge in [-0.2, -0.15) is 0 Å². The number of phenols is 1. The Morgan fingerprint density at radius 1 is 1.22 bits per heavy atom. The van der Waals surface area contributed by atoms with Crippen molar-refractivity contribution in [3.8, 4) is 17.2 Å². The Bertz CT molecular complexity index is 1010. The monoisotopic (exact) mass is 556 g/mol. The van der Waals surface area contributed by atoms with Gasteiger partial charge in [0.1, 0.15) is 11.9 Å². The average Bonchev–Trinajstić information content (AvgIpc) is 3.24. The zero-order chi connectivity index (χ0) is 23.1. The molecule has 1 aliphatic rings. The predicted octanol–water partition coefficient (Wildman–Crippen LogP) is 3.48. The second-order valence-corrected chi connectivity index (χ2v) is 7.72. The number of carbonyl (C=O) groups excluding carboxylic acids is 2. The van der Waals surface area contributed by atoms with Crippen LogP contribution in [-0.4, -0.2) is 41.8 Å². The third kappa shape index (κ3) is 6.02. The lowest BCUT2D eigenvalue weighted by Gasteiger charge is -2.26. The maximum absolute atomic E-state index is 12.7. The van der Waals surface area contributed by atoms with Crippen molar-refractivity contribution >= 4 is 40.3 Å². The molecule has 0 saturated carbocycles. The number of carbonyl (C=O) groups is 2. The Kier molecular flexibility index (Phi) is 8.14. The first-order valence-corrected chi connectivity index (χ1v) is 10.6. The zero-order valence-electron chi connectivity index (χ0n) is 16.9. The van der Waals surface area contributed by atoms with Crippen molar-refractivity contribution < 1.29 is 38.9 Å². The van der Waals surface area contributed by atoms with Crippen LogP contribution in [0.25, 0.3) is 0 Å². The molecule has 2 aromatic rings. The van der Waals surface area contributed by atoms with E-state index in [4.69, 9.17) is 24.2 Å². The number of nitrogens with one attached hydrogen (secondary N) is 2. The summed E-state index contributed by atoms with van der Waals surface area (Å²) < 4.78 is 22.6. The first-order valence-electron chi connectivity index (χ1n) is 9.50. The van der Waals surface area contributed by atoms with Crippen LogP contribution in [0, 0.1) is 3.57 Å². The smallest absolute Gasteiger partial charge is 0.412 e. The highest BCUT2D eigenvalue weighted by molar-refractivity contribution is 14.1. The third-order valence-corrected chi connectivity index (χ3v) is 5.03. The second kappa shape index (κ2) is 11.0. The number of rotatable bonds is 8. The second-order valence-electron chi connectivity index (χ2n) is 6.48. The van der Waals surface area contributed by atoms with Crippen LogP contribution < -0.4 is 20.3 Å². The fourth-order valence-corrected chi connectivity index (χ4v) is 3.47. The van der Waals surface area contributed by atoms with E-state index in [0.29, 0.717) is 17.2 Å². The highest BCUT2D eigenvalue weighted by Gasteiger charge is 2.29. The lowest BCUT2D eigenvalue weighted by molar-refractivity contribution is -0.124. The molecule has 2 aromatic carbocycles. The molecule has 10 nitrogen and oxygen atoms in total. The van der Waals surface area contributed by atoms with Crippen LogP contribution in [0.1, 0.15) is 18.6 Å². The molecule has 170 valence electrons. The number of aromatic hydroxyl groups is 1. The third-order valence-electron chi connectivity index (χ3n) is 4.35. The van der Waals surface area contributed by atoms with Gasteiger partial charge in [0.25, 0.3) is 5.91 Å². The van der Waals surface area contributed by atoms with Crippen molar-refractivity contribution in [2.24, 2.45) is 0 Å². The van der Waals surface area contributed by atoms with Gasteiger partial charge in [0, 0.05) is 33.6 Å². The van der Waals surface area contributed by atoms with Crippen molar-refractivity contribution in [1.29, 1.82) is 0 Å². The van der Waals surface area contributed by atoms with Gasteiger partial charge in [-0.1, -0.05) is 0 Å². The molecule has 2 amide bonds. The predicted molar refractivity (Wildman–Crippen MR) is 121 cm³/mol. The lowest BCUT2D eigenvalue weighted by atomic mass is 10.0. The maximum Gasteiger partial charge on any atom is 0.412 e. The quantitative estimate of drug-likeness (QED) is 0.168. The van der Waals surface area contributed by atoms with E-state index in [9.17, 15) is 14.7 Å². The van der Waals surface area contributed by atoms with Crippen LogP contribution >= 0.6 is 22.6 Å². The summed E-state index contributed by atoms with van der Waals surface area (Å²) in [5.41, 5.74) is 2.17. The van der Waals surface area contributed by atoms with Gasteiger partial charge in [0.15, 0.2) is 17.6 Å². The number of phenolic OH excluding ortho intramolecular Hbond substituents is 1. The number of hydroxylamine groups is 1. The molecule has 0 fully saturated rings. The largest absolute Gasteiger partial charge is 0.508 e. The van der Waals surface area contributed by atoms with Crippen LogP contribution in [0.3, 0.4) is 0 Å². The van der Waals surface area contributed by atoms with Gasteiger partial charge in [0.2, 0.25) is 6.79 Å². The van der Waals surface area contributed by atoms with Crippen molar-refractivity contribution in [2.45, 2.75) is 19.1 Å². The van der Waals surface area contributed by atoms with E-state index in [0.717, 1.165) is 9.65 Å². The number of anilines is 1. The minimum Gasteiger partial charge on any atom is -0.508 e. The molecule has 0 spiro atoms. The molecule has 0 saturated heterocycles. The molecule has 4 N–H and O–H groups in total. The highest BCUT2D eigenvalue weighted by atomic mass is 127. The van der Waals surface area contributed by atoms with E-state index in [2.05, 4.69) is 27.9 Å². The van der Waals surface area contributed by atoms with Crippen LogP contribution in [0.2, 0.25) is 0 Å². The fourth-order valence-electron chi connectivity index (χ4n) is 2.95. The van der Waals surface area contributed by atoms with Crippen LogP contribution in [-0.2, 0) is 14.3 Å². The Hall–Kier alpha value is -3.03. The molecule has 1 heterocycles. The molecule has 0 aliphatic carbocycles.